The fourth-order valence-electron chi connectivity index (χ4n) is 4.30. The van der Waals surface area contributed by atoms with Crippen molar-refractivity contribution >= 4 is 19.7 Å². The number of aromatic nitrogens is 2. The summed E-state index contributed by atoms with van der Waals surface area (Å²) >= 11 is 0. The summed E-state index contributed by atoms with van der Waals surface area (Å²) < 4.78 is 64.1. The van der Waals surface area contributed by atoms with Crippen LogP contribution in [0.3, 0.4) is 0 Å². The van der Waals surface area contributed by atoms with E-state index in [1.54, 1.807) is 65.8 Å². The Labute approximate surface area is 204 Å². The molecule has 4 rings (SSSR count). The quantitative estimate of drug-likeness (QED) is 0.350. The van der Waals surface area contributed by atoms with Crippen molar-refractivity contribution in [3.8, 4) is 22.3 Å². The summed E-state index contributed by atoms with van der Waals surface area (Å²) in [6, 6.07) is 9.83. The lowest BCUT2D eigenvalue weighted by Crippen LogP contribution is -2.19. The van der Waals surface area contributed by atoms with Gasteiger partial charge in [0.25, 0.3) is 0 Å². The summed E-state index contributed by atoms with van der Waals surface area (Å²) in [6.45, 7) is 10.3. The van der Waals surface area contributed by atoms with Crippen LogP contribution in [0.4, 0.5) is 0 Å². The normalized spacial score (nSPS) is 12.3. The minimum atomic E-state index is -4.21. The zero-order valence-corrected chi connectivity index (χ0v) is 22.0. The minimum Gasteiger partial charge on any atom is -0.361 e. The Morgan fingerprint density at radius 2 is 1.00 bits per heavy atom. The van der Waals surface area contributed by atoms with E-state index >= 15 is 0 Å². The highest BCUT2D eigenvalue weighted by Gasteiger charge is 2.30. The van der Waals surface area contributed by atoms with E-state index in [1.807, 2.05) is 0 Å². The van der Waals surface area contributed by atoms with Gasteiger partial charge < -0.3 is 9.05 Å². The molecule has 0 atom stereocenters. The summed E-state index contributed by atoms with van der Waals surface area (Å²) in [6.07, 6.45) is 0. The summed E-state index contributed by atoms with van der Waals surface area (Å²) in [4.78, 5) is -0.0868. The topological polar surface area (TPSA) is 120 Å². The van der Waals surface area contributed by atoms with Gasteiger partial charge in [-0.15, -0.1) is 0 Å². The van der Waals surface area contributed by atoms with Crippen LogP contribution in [0, 0.1) is 41.5 Å². The molecule has 0 aliphatic heterocycles. The second kappa shape index (κ2) is 8.76. The molecule has 2 heterocycles. The predicted octanol–water partition coefficient (Wildman–Crippen LogP) is 5.05. The highest BCUT2D eigenvalue weighted by molar-refractivity contribution is 8.08. The van der Waals surface area contributed by atoms with Crippen LogP contribution in [-0.4, -0.2) is 32.2 Å². The third-order valence-electron chi connectivity index (χ3n) is 6.00. The fraction of sp³-hybridized carbons (Fsp3) is 0.280. The van der Waals surface area contributed by atoms with Gasteiger partial charge in [0.15, 0.2) is 24.8 Å². The van der Waals surface area contributed by atoms with E-state index in [9.17, 15) is 16.8 Å². The van der Waals surface area contributed by atoms with Crippen LogP contribution in [-0.2, 0) is 19.7 Å². The number of nitrogens with zero attached hydrogens (tertiary/aromatic N) is 2. The lowest BCUT2D eigenvalue weighted by molar-refractivity contribution is 0.393. The van der Waals surface area contributed by atoms with Gasteiger partial charge in [-0.05, 0) is 75.9 Å². The molecule has 0 N–H and O–H groups in total. The molecule has 0 aliphatic carbocycles. The molecule has 35 heavy (non-hydrogen) atoms. The van der Waals surface area contributed by atoms with Crippen LogP contribution in [0.2, 0.25) is 0 Å². The van der Waals surface area contributed by atoms with Gasteiger partial charge in [0, 0.05) is 11.1 Å². The molecule has 2 aromatic heterocycles. The van der Waals surface area contributed by atoms with E-state index in [0.717, 1.165) is 0 Å². The molecule has 0 fully saturated rings. The van der Waals surface area contributed by atoms with E-state index in [4.69, 9.17) is 9.05 Å². The molecule has 0 saturated carbocycles. The first-order chi connectivity index (χ1) is 16.3. The average Bonchev–Trinajstić information content (AvgIpc) is 3.28. The third kappa shape index (κ3) is 4.55. The van der Waals surface area contributed by atoms with E-state index in [1.165, 1.54) is 12.1 Å². The van der Waals surface area contributed by atoms with Crippen molar-refractivity contribution in [3.05, 3.63) is 70.4 Å². The Hall–Kier alpha value is -3.24. The van der Waals surface area contributed by atoms with Gasteiger partial charge in [0.05, 0.1) is 21.2 Å². The number of sulfone groups is 2. The molecule has 0 bridgehead atoms. The minimum absolute atomic E-state index is 0.0434. The van der Waals surface area contributed by atoms with Gasteiger partial charge in [0.1, 0.15) is 11.5 Å². The molecule has 4 aromatic rings. The SMILES string of the molecule is Cc1ccc(-c2c(C)noc2C)cc1S(=O)(=O)CS(=O)(=O)c1cc(-c2c(C)noc2C)ccc1C. The number of benzene rings is 2. The zero-order valence-electron chi connectivity index (χ0n) is 20.3. The van der Waals surface area contributed by atoms with Gasteiger partial charge in [-0.3, -0.25) is 0 Å². The second-order valence-electron chi connectivity index (χ2n) is 8.71. The molecule has 184 valence electrons. The van der Waals surface area contributed by atoms with Crippen molar-refractivity contribution in [2.75, 3.05) is 5.08 Å². The molecule has 0 aliphatic rings. The number of hydrogen-bond donors (Lipinski definition) is 0. The summed E-state index contributed by atoms with van der Waals surface area (Å²) in [5.74, 6) is 1.10. The molecule has 2 aromatic carbocycles. The second-order valence-corrected chi connectivity index (χ2v) is 13.0. The van der Waals surface area contributed by atoms with Crippen LogP contribution >= 0.6 is 0 Å². The highest BCUT2D eigenvalue weighted by Crippen LogP contribution is 2.33. The first-order valence-electron chi connectivity index (χ1n) is 10.8. The lowest BCUT2D eigenvalue weighted by Gasteiger charge is -2.13. The summed E-state index contributed by atoms with van der Waals surface area (Å²) in [7, 11) is -8.41. The van der Waals surface area contributed by atoms with Crippen molar-refractivity contribution < 1.29 is 25.9 Å². The monoisotopic (exact) mass is 514 g/mol. The van der Waals surface area contributed by atoms with Crippen molar-refractivity contribution in [1.29, 1.82) is 0 Å². The molecular formula is C25H26N2O6S2. The molecule has 8 nitrogen and oxygen atoms in total. The molecule has 0 radical (unpaired) electrons. The molecular weight excluding hydrogens is 488 g/mol. The largest absolute Gasteiger partial charge is 0.361 e. The Balaban J connectivity index is 1.77. The Kier molecular flexibility index (Phi) is 6.23. The Morgan fingerprint density at radius 3 is 1.31 bits per heavy atom. The van der Waals surface area contributed by atoms with Crippen LogP contribution in [0.1, 0.15) is 34.0 Å². The van der Waals surface area contributed by atoms with Crippen LogP contribution in [0.15, 0.2) is 55.2 Å². The highest BCUT2D eigenvalue weighted by atomic mass is 32.3. The maximum atomic E-state index is 13.4. The first-order valence-corrected chi connectivity index (χ1v) is 14.2. The number of hydrogen-bond acceptors (Lipinski definition) is 8. The van der Waals surface area contributed by atoms with E-state index < -0.39 is 24.8 Å². The van der Waals surface area contributed by atoms with Crippen LogP contribution in [0.25, 0.3) is 22.3 Å². The molecule has 0 unspecified atom stereocenters. The molecule has 0 saturated heterocycles. The summed E-state index contributed by atoms with van der Waals surface area (Å²) in [5, 5.41) is 6.79. The molecule has 10 heteroatoms. The third-order valence-corrected chi connectivity index (χ3v) is 10.7. The maximum Gasteiger partial charge on any atom is 0.193 e. The van der Waals surface area contributed by atoms with Gasteiger partial charge in [-0.25, -0.2) is 16.8 Å². The Bertz CT molecular complexity index is 1500. The standard InChI is InChI=1S/C25H26N2O6S2/c1-14-7-9-20(24-16(3)26-32-18(24)5)11-22(14)34(28,29)13-35(30,31)23-12-21(10-8-15(23)2)25-17(4)27-33-19(25)6/h7-12H,13H2,1-6H3. The van der Waals surface area contributed by atoms with Crippen molar-refractivity contribution in [1.82, 2.24) is 10.3 Å². The van der Waals surface area contributed by atoms with Crippen LogP contribution in [0.5, 0.6) is 0 Å². The first kappa shape index (κ1) is 24.9. The van der Waals surface area contributed by atoms with Gasteiger partial charge in [-0.2, -0.15) is 0 Å². The van der Waals surface area contributed by atoms with Crippen molar-refractivity contribution in [2.24, 2.45) is 0 Å². The average molecular weight is 515 g/mol. The van der Waals surface area contributed by atoms with E-state index in [2.05, 4.69) is 10.3 Å². The van der Waals surface area contributed by atoms with Crippen molar-refractivity contribution in [2.45, 2.75) is 51.3 Å². The number of aryl methyl sites for hydroxylation is 6. The molecule has 0 spiro atoms. The summed E-state index contributed by atoms with van der Waals surface area (Å²) in [5.41, 5.74) is 4.72. The number of rotatable bonds is 6. The smallest absolute Gasteiger partial charge is 0.193 e. The van der Waals surface area contributed by atoms with E-state index in [-0.39, 0.29) is 9.79 Å². The van der Waals surface area contributed by atoms with Gasteiger partial charge >= 0.3 is 0 Å². The lowest BCUT2D eigenvalue weighted by atomic mass is 10.0. The Morgan fingerprint density at radius 1 is 0.629 bits per heavy atom. The van der Waals surface area contributed by atoms with E-state index in [0.29, 0.717) is 56.3 Å². The van der Waals surface area contributed by atoms with Gasteiger partial charge in [0.2, 0.25) is 0 Å². The molecule has 0 amide bonds. The zero-order chi connectivity index (χ0) is 25.7. The van der Waals surface area contributed by atoms with Crippen molar-refractivity contribution in [3.63, 3.8) is 0 Å². The van der Waals surface area contributed by atoms with Crippen LogP contribution < -0.4 is 0 Å². The van der Waals surface area contributed by atoms with Gasteiger partial charge in [-0.1, -0.05) is 34.6 Å². The fourth-order valence-corrected chi connectivity index (χ4v) is 8.68. The maximum absolute atomic E-state index is 13.4. The predicted molar refractivity (Wildman–Crippen MR) is 132 cm³/mol.